The minimum atomic E-state index is -4.36. The van der Waals surface area contributed by atoms with Gasteiger partial charge in [0.15, 0.2) is 5.82 Å². The molecule has 0 atom stereocenters. The largest absolute Gasteiger partial charge is 0.416 e. The van der Waals surface area contributed by atoms with Gasteiger partial charge in [0.1, 0.15) is 0 Å². The molecule has 0 radical (unpaired) electrons. The highest BCUT2D eigenvalue weighted by Gasteiger charge is 2.29. The first-order chi connectivity index (χ1) is 12.0. The van der Waals surface area contributed by atoms with Crippen molar-refractivity contribution < 1.29 is 13.2 Å². The molecule has 0 fully saturated rings. The van der Waals surface area contributed by atoms with Crippen LogP contribution in [0, 0.1) is 0 Å². The van der Waals surface area contributed by atoms with Crippen molar-refractivity contribution in [2.24, 2.45) is 0 Å². The zero-order valence-electron chi connectivity index (χ0n) is 12.8. The first-order valence-corrected chi connectivity index (χ1v) is 7.27. The average molecular weight is 346 g/mol. The number of halogens is 3. The normalized spacial score (nSPS) is 11.2. The van der Waals surface area contributed by atoms with Crippen LogP contribution in [-0.4, -0.2) is 20.2 Å². The van der Waals surface area contributed by atoms with E-state index < -0.39 is 11.7 Å². The van der Waals surface area contributed by atoms with Crippen molar-refractivity contribution in [2.45, 2.75) is 12.7 Å². The molecular formula is C16H13F3N6. The Morgan fingerprint density at radius 1 is 0.960 bits per heavy atom. The van der Waals surface area contributed by atoms with Crippen molar-refractivity contribution in [3.05, 3.63) is 66.1 Å². The summed E-state index contributed by atoms with van der Waals surface area (Å²) >= 11 is 0. The third kappa shape index (κ3) is 4.63. The van der Waals surface area contributed by atoms with Gasteiger partial charge in [-0.25, -0.2) is 0 Å². The van der Waals surface area contributed by atoms with Crippen molar-refractivity contribution in [3.63, 3.8) is 0 Å². The summed E-state index contributed by atoms with van der Waals surface area (Å²) in [6.45, 7) is 0.494. The maximum Gasteiger partial charge on any atom is 0.416 e. The molecule has 2 heterocycles. The molecular weight excluding hydrogens is 333 g/mol. The summed E-state index contributed by atoms with van der Waals surface area (Å²) in [5, 5.41) is 13.6. The Balaban J connectivity index is 1.65. The number of pyridine rings is 1. The first-order valence-electron chi connectivity index (χ1n) is 7.27. The van der Waals surface area contributed by atoms with Gasteiger partial charge in [0, 0.05) is 24.6 Å². The number of hydrogen-bond donors (Lipinski definition) is 2. The summed E-state index contributed by atoms with van der Waals surface area (Å²) in [6.07, 6.45) is 0.381. The Labute approximate surface area is 141 Å². The van der Waals surface area contributed by atoms with E-state index in [9.17, 15) is 13.2 Å². The lowest BCUT2D eigenvalue weighted by molar-refractivity contribution is -0.137. The molecule has 0 amide bonds. The van der Waals surface area contributed by atoms with E-state index in [4.69, 9.17) is 0 Å². The monoisotopic (exact) mass is 346 g/mol. The van der Waals surface area contributed by atoms with E-state index in [1.165, 1.54) is 18.3 Å². The van der Waals surface area contributed by atoms with Gasteiger partial charge >= 0.3 is 6.18 Å². The van der Waals surface area contributed by atoms with Gasteiger partial charge in [-0.15, -0.1) is 5.10 Å². The van der Waals surface area contributed by atoms with Gasteiger partial charge in [-0.1, -0.05) is 0 Å². The Bertz CT molecular complexity index is 821. The predicted octanol–water partition coefficient (Wildman–Crippen LogP) is 3.64. The molecule has 0 bridgehead atoms. The van der Waals surface area contributed by atoms with Gasteiger partial charge < -0.3 is 10.6 Å². The Kier molecular flexibility index (Phi) is 4.73. The standard InChI is InChI=1S/C16H13F3N6/c17-16(18,19)12-1-3-13(4-2-12)23-14-10-22-25-15(24-14)21-9-11-5-7-20-8-6-11/h1-8,10H,9H2,(H2,21,23,24,25). The lowest BCUT2D eigenvalue weighted by Crippen LogP contribution is -2.07. The minimum absolute atomic E-state index is 0.300. The molecule has 25 heavy (non-hydrogen) atoms. The Morgan fingerprint density at radius 2 is 1.68 bits per heavy atom. The average Bonchev–Trinajstić information content (AvgIpc) is 2.61. The van der Waals surface area contributed by atoms with E-state index in [0.717, 1.165) is 17.7 Å². The lowest BCUT2D eigenvalue weighted by Gasteiger charge is -2.09. The molecule has 2 N–H and O–H groups in total. The number of nitrogens with one attached hydrogen (secondary N) is 2. The highest BCUT2D eigenvalue weighted by Crippen LogP contribution is 2.30. The van der Waals surface area contributed by atoms with Gasteiger partial charge in [0.05, 0.1) is 11.8 Å². The van der Waals surface area contributed by atoms with Crippen LogP contribution in [0.25, 0.3) is 0 Å². The molecule has 0 saturated carbocycles. The van der Waals surface area contributed by atoms with E-state index in [0.29, 0.717) is 24.0 Å². The molecule has 0 aliphatic heterocycles. The van der Waals surface area contributed by atoms with E-state index in [1.807, 2.05) is 12.1 Å². The zero-order valence-corrected chi connectivity index (χ0v) is 12.8. The van der Waals surface area contributed by atoms with Gasteiger partial charge in [0.25, 0.3) is 0 Å². The van der Waals surface area contributed by atoms with Crippen molar-refractivity contribution in [2.75, 3.05) is 10.6 Å². The number of nitrogens with zero attached hydrogens (tertiary/aromatic N) is 4. The molecule has 0 aliphatic rings. The summed E-state index contributed by atoms with van der Waals surface area (Å²) in [6, 6.07) is 8.36. The van der Waals surface area contributed by atoms with Gasteiger partial charge in [-0.2, -0.15) is 23.3 Å². The van der Waals surface area contributed by atoms with Crippen LogP contribution < -0.4 is 10.6 Å². The molecule has 0 spiro atoms. The van der Waals surface area contributed by atoms with Crippen LogP contribution in [0.4, 0.5) is 30.6 Å². The lowest BCUT2D eigenvalue weighted by atomic mass is 10.2. The highest BCUT2D eigenvalue weighted by atomic mass is 19.4. The fourth-order valence-electron chi connectivity index (χ4n) is 2.01. The fourth-order valence-corrected chi connectivity index (χ4v) is 2.01. The van der Waals surface area contributed by atoms with Crippen molar-refractivity contribution in [1.82, 2.24) is 20.2 Å². The van der Waals surface area contributed by atoms with Crippen LogP contribution in [-0.2, 0) is 12.7 Å². The Morgan fingerprint density at radius 3 is 2.36 bits per heavy atom. The maximum atomic E-state index is 12.6. The summed E-state index contributed by atoms with van der Waals surface area (Å²) < 4.78 is 37.7. The molecule has 9 heteroatoms. The quantitative estimate of drug-likeness (QED) is 0.735. The zero-order chi connectivity index (χ0) is 17.7. The summed E-state index contributed by atoms with van der Waals surface area (Å²) in [4.78, 5) is 8.15. The van der Waals surface area contributed by atoms with E-state index in [1.54, 1.807) is 12.4 Å². The number of hydrogen-bond acceptors (Lipinski definition) is 6. The summed E-state index contributed by atoms with van der Waals surface area (Å²) in [7, 11) is 0. The van der Waals surface area contributed by atoms with Gasteiger partial charge in [-0.3, -0.25) is 4.98 Å². The van der Waals surface area contributed by atoms with E-state index >= 15 is 0 Å². The van der Waals surface area contributed by atoms with E-state index in [2.05, 4.69) is 30.8 Å². The van der Waals surface area contributed by atoms with Crippen molar-refractivity contribution in [3.8, 4) is 0 Å². The molecule has 3 aromatic rings. The SMILES string of the molecule is FC(F)(F)c1ccc(Nc2cnnc(NCc3ccncc3)n2)cc1. The number of aromatic nitrogens is 4. The molecule has 6 nitrogen and oxygen atoms in total. The number of rotatable bonds is 5. The second kappa shape index (κ2) is 7.12. The Hall–Kier alpha value is -3.23. The van der Waals surface area contributed by atoms with Crippen molar-refractivity contribution >= 4 is 17.5 Å². The minimum Gasteiger partial charge on any atom is -0.349 e. The number of benzene rings is 1. The van der Waals surface area contributed by atoms with Crippen LogP contribution in [0.2, 0.25) is 0 Å². The summed E-state index contributed by atoms with van der Waals surface area (Å²) in [5.41, 5.74) is 0.756. The van der Waals surface area contributed by atoms with Gasteiger partial charge in [0.2, 0.25) is 5.95 Å². The van der Waals surface area contributed by atoms with E-state index in [-0.39, 0.29) is 0 Å². The molecule has 0 saturated heterocycles. The van der Waals surface area contributed by atoms with Crippen LogP contribution in [0.5, 0.6) is 0 Å². The van der Waals surface area contributed by atoms with Crippen molar-refractivity contribution in [1.29, 1.82) is 0 Å². The smallest absolute Gasteiger partial charge is 0.349 e. The van der Waals surface area contributed by atoms with Gasteiger partial charge in [-0.05, 0) is 42.0 Å². The second-order valence-corrected chi connectivity index (χ2v) is 5.07. The molecule has 0 unspecified atom stereocenters. The molecule has 128 valence electrons. The fraction of sp³-hybridized carbons (Fsp3) is 0.125. The second-order valence-electron chi connectivity index (χ2n) is 5.07. The third-order valence-corrected chi connectivity index (χ3v) is 3.24. The third-order valence-electron chi connectivity index (χ3n) is 3.24. The first kappa shape index (κ1) is 16.6. The maximum absolute atomic E-state index is 12.6. The molecule has 3 rings (SSSR count). The highest BCUT2D eigenvalue weighted by molar-refractivity contribution is 5.56. The van der Waals surface area contributed by atoms with Crippen LogP contribution in [0.15, 0.2) is 55.0 Å². The van der Waals surface area contributed by atoms with Crippen LogP contribution in [0.1, 0.15) is 11.1 Å². The predicted molar refractivity (Wildman–Crippen MR) is 86.1 cm³/mol. The number of alkyl halides is 3. The summed E-state index contributed by atoms with van der Waals surface area (Å²) in [5.74, 6) is 0.667. The molecule has 0 aliphatic carbocycles. The van der Waals surface area contributed by atoms with Crippen LogP contribution >= 0.6 is 0 Å². The molecule has 1 aromatic carbocycles. The molecule has 2 aromatic heterocycles. The van der Waals surface area contributed by atoms with Crippen LogP contribution in [0.3, 0.4) is 0 Å². The topological polar surface area (TPSA) is 75.6 Å². The number of anilines is 3.